The number of rotatable bonds is 7. The summed E-state index contributed by atoms with van der Waals surface area (Å²) in [6, 6.07) is 2.84. The van der Waals surface area contributed by atoms with Crippen LogP contribution in [0, 0.1) is 5.82 Å². The van der Waals surface area contributed by atoms with Crippen molar-refractivity contribution in [1.29, 1.82) is 0 Å². The van der Waals surface area contributed by atoms with E-state index in [-0.39, 0.29) is 11.1 Å². The zero-order valence-corrected chi connectivity index (χ0v) is 12.2. The first kappa shape index (κ1) is 16.0. The van der Waals surface area contributed by atoms with Crippen molar-refractivity contribution in [3.05, 3.63) is 23.0 Å². The molecule has 0 radical (unpaired) electrons. The highest BCUT2D eigenvalue weighted by Crippen LogP contribution is 2.30. The zero-order valence-electron chi connectivity index (χ0n) is 11.5. The molecule has 19 heavy (non-hydrogen) atoms. The van der Waals surface area contributed by atoms with Crippen molar-refractivity contribution in [3.63, 3.8) is 0 Å². The van der Waals surface area contributed by atoms with Gasteiger partial charge in [0.05, 0.1) is 29.6 Å². The molecular formula is C13H20ClFN2O2. The summed E-state index contributed by atoms with van der Waals surface area (Å²) in [5.41, 5.74) is 6.91. The molecular weight excluding hydrogens is 271 g/mol. The third-order valence-electron chi connectivity index (χ3n) is 2.86. The van der Waals surface area contributed by atoms with Gasteiger partial charge in [0, 0.05) is 32.9 Å². The van der Waals surface area contributed by atoms with E-state index in [2.05, 4.69) is 0 Å². The summed E-state index contributed by atoms with van der Waals surface area (Å²) in [6.45, 7) is 3.67. The highest BCUT2D eigenvalue weighted by Gasteiger charge is 2.18. The van der Waals surface area contributed by atoms with Gasteiger partial charge in [-0.3, -0.25) is 0 Å². The molecule has 0 fully saturated rings. The molecule has 6 heteroatoms. The quantitative estimate of drug-likeness (QED) is 0.784. The minimum atomic E-state index is -0.519. The lowest BCUT2D eigenvalue weighted by atomic mass is 10.2. The number of ether oxygens (including phenoxy) is 2. The van der Waals surface area contributed by atoms with Gasteiger partial charge in [0.2, 0.25) is 0 Å². The van der Waals surface area contributed by atoms with Gasteiger partial charge in [-0.05, 0) is 13.0 Å². The van der Waals surface area contributed by atoms with Crippen molar-refractivity contribution in [2.24, 2.45) is 0 Å². The second-order valence-electron chi connectivity index (χ2n) is 4.32. The van der Waals surface area contributed by atoms with Crippen molar-refractivity contribution in [3.8, 4) is 0 Å². The molecule has 1 atom stereocenters. The van der Waals surface area contributed by atoms with Gasteiger partial charge in [0.25, 0.3) is 0 Å². The summed E-state index contributed by atoms with van der Waals surface area (Å²) in [4.78, 5) is 1.99. The third kappa shape index (κ3) is 4.23. The van der Waals surface area contributed by atoms with Crippen LogP contribution in [-0.2, 0) is 9.47 Å². The summed E-state index contributed by atoms with van der Waals surface area (Å²) >= 11 is 5.83. The number of hydrogen-bond donors (Lipinski definition) is 1. The molecule has 0 aliphatic carbocycles. The summed E-state index contributed by atoms with van der Waals surface area (Å²) in [7, 11) is 3.26. The Morgan fingerprint density at radius 3 is 2.63 bits per heavy atom. The van der Waals surface area contributed by atoms with Crippen LogP contribution in [0.4, 0.5) is 15.8 Å². The summed E-state index contributed by atoms with van der Waals surface area (Å²) in [5.74, 6) is -0.519. The second-order valence-corrected chi connectivity index (χ2v) is 4.72. The maximum Gasteiger partial charge on any atom is 0.143 e. The topological polar surface area (TPSA) is 47.7 Å². The molecule has 1 aromatic carbocycles. The maximum atomic E-state index is 13.3. The number of halogens is 2. The van der Waals surface area contributed by atoms with Crippen molar-refractivity contribution in [2.75, 3.05) is 44.6 Å². The normalized spacial score (nSPS) is 12.5. The van der Waals surface area contributed by atoms with Gasteiger partial charge >= 0.3 is 0 Å². The van der Waals surface area contributed by atoms with Crippen LogP contribution in [0.2, 0.25) is 5.02 Å². The number of benzene rings is 1. The fraction of sp³-hybridized carbons (Fsp3) is 0.538. The lowest BCUT2D eigenvalue weighted by Crippen LogP contribution is -2.39. The number of methoxy groups -OCH3 is 2. The SMILES string of the molecule is COCCN(c1cc(Cl)c(F)cc1N)C(C)COC. The van der Waals surface area contributed by atoms with E-state index in [4.69, 9.17) is 26.8 Å². The van der Waals surface area contributed by atoms with Crippen LogP contribution in [0.5, 0.6) is 0 Å². The predicted octanol–water partition coefficient (Wildman–Crippen LogP) is 2.55. The zero-order chi connectivity index (χ0) is 14.4. The Labute approximate surface area is 118 Å². The average molecular weight is 291 g/mol. The largest absolute Gasteiger partial charge is 0.397 e. The van der Waals surface area contributed by atoms with Crippen LogP contribution >= 0.6 is 11.6 Å². The Balaban J connectivity index is 3.05. The molecule has 0 heterocycles. The highest BCUT2D eigenvalue weighted by atomic mass is 35.5. The minimum absolute atomic E-state index is 0.0521. The summed E-state index contributed by atoms with van der Waals surface area (Å²) < 4.78 is 23.6. The van der Waals surface area contributed by atoms with Crippen molar-refractivity contribution in [1.82, 2.24) is 0 Å². The molecule has 0 aliphatic heterocycles. The first-order chi connectivity index (χ1) is 9.01. The molecule has 1 aromatic rings. The Hall–Kier alpha value is -1.04. The number of nitrogens with zero attached hydrogens (tertiary/aromatic N) is 1. The first-order valence-corrected chi connectivity index (χ1v) is 6.38. The van der Waals surface area contributed by atoms with Gasteiger partial charge in [0.1, 0.15) is 5.82 Å². The number of nitrogen functional groups attached to an aromatic ring is 1. The molecule has 0 aromatic heterocycles. The van der Waals surface area contributed by atoms with Crippen LogP contribution in [0.1, 0.15) is 6.92 Å². The number of nitrogens with two attached hydrogens (primary N) is 1. The van der Waals surface area contributed by atoms with E-state index < -0.39 is 5.82 Å². The highest BCUT2D eigenvalue weighted by molar-refractivity contribution is 6.31. The van der Waals surface area contributed by atoms with Gasteiger partial charge in [-0.15, -0.1) is 0 Å². The molecule has 0 saturated carbocycles. The molecule has 1 unspecified atom stereocenters. The van der Waals surface area contributed by atoms with Crippen LogP contribution in [0.15, 0.2) is 12.1 Å². The maximum absolute atomic E-state index is 13.3. The Morgan fingerprint density at radius 2 is 2.05 bits per heavy atom. The lowest BCUT2D eigenvalue weighted by molar-refractivity contribution is 0.171. The molecule has 1 rings (SSSR count). The minimum Gasteiger partial charge on any atom is -0.397 e. The van der Waals surface area contributed by atoms with Gasteiger partial charge in [0.15, 0.2) is 0 Å². The Kier molecular flexibility index (Phi) is 6.34. The molecule has 0 amide bonds. The van der Waals surface area contributed by atoms with Crippen molar-refractivity contribution in [2.45, 2.75) is 13.0 Å². The third-order valence-corrected chi connectivity index (χ3v) is 3.14. The van der Waals surface area contributed by atoms with E-state index in [9.17, 15) is 4.39 Å². The predicted molar refractivity (Wildman–Crippen MR) is 76.4 cm³/mol. The Morgan fingerprint density at radius 1 is 1.37 bits per heavy atom. The van der Waals surface area contributed by atoms with E-state index >= 15 is 0 Å². The summed E-state index contributed by atoms with van der Waals surface area (Å²) in [6.07, 6.45) is 0. The molecule has 0 bridgehead atoms. The van der Waals surface area contributed by atoms with E-state index in [0.29, 0.717) is 31.1 Å². The lowest BCUT2D eigenvalue weighted by Gasteiger charge is -2.32. The second kappa shape index (κ2) is 7.53. The molecule has 4 nitrogen and oxygen atoms in total. The molecule has 0 spiro atoms. The van der Waals surface area contributed by atoms with E-state index in [0.717, 1.165) is 0 Å². The van der Waals surface area contributed by atoms with Crippen LogP contribution < -0.4 is 10.6 Å². The molecule has 0 aliphatic rings. The fourth-order valence-electron chi connectivity index (χ4n) is 1.90. The van der Waals surface area contributed by atoms with E-state index in [1.165, 1.54) is 12.1 Å². The van der Waals surface area contributed by atoms with E-state index in [1.807, 2.05) is 11.8 Å². The van der Waals surface area contributed by atoms with Crippen LogP contribution in [0.25, 0.3) is 0 Å². The number of hydrogen-bond acceptors (Lipinski definition) is 4. The fourth-order valence-corrected chi connectivity index (χ4v) is 2.06. The number of anilines is 2. The average Bonchev–Trinajstić information content (AvgIpc) is 2.36. The van der Waals surface area contributed by atoms with Gasteiger partial charge in [-0.25, -0.2) is 4.39 Å². The van der Waals surface area contributed by atoms with Gasteiger partial charge in [-0.1, -0.05) is 11.6 Å². The molecule has 0 saturated heterocycles. The van der Waals surface area contributed by atoms with Crippen molar-refractivity contribution < 1.29 is 13.9 Å². The van der Waals surface area contributed by atoms with E-state index in [1.54, 1.807) is 14.2 Å². The standard InChI is InChI=1S/C13H20ClFN2O2/c1-9(8-19-3)17(4-5-18-2)13-6-10(14)11(15)7-12(13)16/h6-7,9H,4-5,8,16H2,1-3H3. The monoisotopic (exact) mass is 290 g/mol. The molecule has 108 valence electrons. The molecule has 2 N–H and O–H groups in total. The Bertz CT molecular complexity index is 418. The van der Waals surface area contributed by atoms with Gasteiger partial charge in [-0.2, -0.15) is 0 Å². The smallest absolute Gasteiger partial charge is 0.143 e. The van der Waals surface area contributed by atoms with Crippen molar-refractivity contribution >= 4 is 23.0 Å². The van der Waals surface area contributed by atoms with Crippen LogP contribution in [-0.4, -0.2) is 40.0 Å². The summed E-state index contributed by atoms with van der Waals surface area (Å²) in [5, 5.41) is 0.0521. The van der Waals surface area contributed by atoms with Crippen LogP contribution in [0.3, 0.4) is 0 Å². The van der Waals surface area contributed by atoms with Gasteiger partial charge < -0.3 is 20.1 Å². The first-order valence-electron chi connectivity index (χ1n) is 6.00.